The van der Waals surface area contributed by atoms with Crippen LogP contribution in [0.3, 0.4) is 0 Å². The zero-order valence-corrected chi connectivity index (χ0v) is 22.5. The van der Waals surface area contributed by atoms with Gasteiger partial charge in [-0.25, -0.2) is 0 Å². The number of ether oxygens (including phenoxy) is 3. The molecule has 2 heterocycles. The molecular formula is C31H38O6. The number of hydrogen-bond donors (Lipinski definition) is 3. The Kier molecular flexibility index (Phi) is 7.06. The topological polar surface area (TPSA) is 95.0 Å². The maximum Gasteiger partial charge on any atom is 0.117 e. The molecule has 3 aromatic carbocycles. The SMILES string of the molecule is CC(C)(OC(C)(C)C1(C)CO1)C1(C)CO1.Oc1ccc(C(c2ccc(O)cc2)c2ccc(O)cc2)cc1. The van der Waals surface area contributed by atoms with E-state index in [1.54, 1.807) is 36.4 Å². The number of epoxide rings is 2. The molecule has 198 valence electrons. The van der Waals surface area contributed by atoms with Crippen LogP contribution in [0.25, 0.3) is 0 Å². The Hall–Kier alpha value is -3.06. The summed E-state index contributed by atoms with van der Waals surface area (Å²) in [5.41, 5.74) is 2.26. The molecule has 3 aromatic rings. The molecule has 6 nitrogen and oxygen atoms in total. The van der Waals surface area contributed by atoms with Crippen molar-refractivity contribution in [1.29, 1.82) is 0 Å². The highest BCUT2D eigenvalue weighted by atomic mass is 16.7. The van der Waals surface area contributed by atoms with Crippen LogP contribution < -0.4 is 0 Å². The van der Waals surface area contributed by atoms with E-state index in [4.69, 9.17) is 14.2 Å². The van der Waals surface area contributed by atoms with E-state index < -0.39 is 0 Å². The highest BCUT2D eigenvalue weighted by Gasteiger charge is 2.61. The Morgan fingerprint density at radius 2 is 0.838 bits per heavy atom. The lowest BCUT2D eigenvalue weighted by atomic mass is 9.85. The number of phenols is 3. The number of benzene rings is 3. The van der Waals surface area contributed by atoms with Gasteiger partial charge in [0.05, 0.1) is 24.4 Å². The van der Waals surface area contributed by atoms with Crippen LogP contribution in [0.2, 0.25) is 0 Å². The van der Waals surface area contributed by atoms with Gasteiger partial charge in [-0.2, -0.15) is 0 Å². The summed E-state index contributed by atoms with van der Waals surface area (Å²) in [6, 6.07) is 21.2. The Morgan fingerprint density at radius 1 is 0.595 bits per heavy atom. The second kappa shape index (κ2) is 9.67. The number of aromatic hydroxyl groups is 3. The third kappa shape index (κ3) is 5.93. The van der Waals surface area contributed by atoms with Crippen LogP contribution in [0.1, 0.15) is 64.2 Å². The molecule has 0 radical (unpaired) electrons. The molecule has 6 heteroatoms. The first kappa shape index (κ1) is 27.0. The Balaban J connectivity index is 0.000000186. The molecule has 2 saturated heterocycles. The van der Waals surface area contributed by atoms with E-state index in [2.05, 4.69) is 41.5 Å². The number of hydrogen-bond acceptors (Lipinski definition) is 6. The van der Waals surface area contributed by atoms with Crippen molar-refractivity contribution in [2.24, 2.45) is 0 Å². The molecule has 0 aliphatic carbocycles. The molecular weight excluding hydrogens is 468 g/mol. The second-order valence-electron chi connectivity index (χ2n) is 11.4. The third-order valence-electron chi connectivity index (χ3n) is 7.89. The molecule has 0 spiro atoms. The number of phenolic OH excluding ortho intramolecular Hbond substituents is 3. The minimum absolute atomic E-state index is 0.0400. The minimum atomic E-state index is -0.272. The summed E-state index contributed by atoms with van der Waals surface area (Å²) in [7, 11) is 0. The van der Waals surface area contributed by atoms with Gasteiger partial charge in [-0.15, -0.1) is 0 Å². The summed E-state index contributed by atoms with van der Waals surface area (Å²) in [5.74, 6) is 0.624. The molecule has 0 bridgehead atoms. The molecule has 3 N–H and O–H groups in total. The van der Waals surface area contributed by atoms with Crippen molar-refractivity contribution in [3.8, 4) is 17.2 Å². The van der Waals surface area contributed by atoms with Crippen molar-refractivity contribution in [2.75, 3.05) is 13.2 Å². The maximum absolute atomic E-state index is 9.49. The van der Waals surface area contributed by atoms with Crippen molar-refractivity contribution in [3.05, 3.63) is 89.5 Å². The van der Waals surface area contributed by atoms with Crippen LogP contribution in [0.15, 0.2) is 72.8 Å². The molecule has 5 rings (SSSR count). The average molecular weight is 507 g/mol. The van der Waals surface area contributed by atoms with E-state index in [0.717, 1.165) is 29.9 Å². The van der Waals surface area contributed by atoms with Gasteiger partial charge in [0.1, 0.15) is 28.5 Å². The van der Waals surface area contributed by atoms with E-state index in [1.165, 1.54) is 0 Å². The molecule has 2 aliphatic heterocycles. The molecule has 0 aromatic heterocycles. The third-order valence-corrected chi connectivity index (χ3v) is 7.89. The highest BCUT2D eigenvalue weighted by molar-refractivity contribution is 5.46. The van der Waals surface area contributed by atoms with Crippen LogP contribution in [-0.4, -0.2) is 50.9 Å². The highest BCUT2D eigenvalue weighted by Crippen LogP contribution is 2.47. The summed E-state index contributed by atoms with van der Waals surface area (Å²) >= 11 is 0. The fourth-order valence-electron chi connectivity index (χ4n) is 4.34. The summed E-state index contributed by atoms with van der Waals surface area (Å²) < 4.78 is 17.2. The Labute approximate surface area is 219 Å². The van der Waals surface area contributed by atoms with E-state index in [9.17, 15) is 15.3 Å². The van der Waals surface area contributed by atoms with Gasteiger partial charge in [0, 0.05) is 5.92 Å². The van der Waals surface area contributed by atoms with Crippen LogP contribution >= 0.6 is 0 Å². The zero-order chi connectivity index (χ0) is 27.1. The molecule has 0 amide bonds. The van der Waals surface area contributed by atoms with Crippen LogP contribution in [-0.2, 0) is 14.2 Å². The Morgan fingerprint density at radius 3 is 1.05 bits per heavy atom. The molecule has 2 atom stereocenters. The average Bonchev–Trinajstić information content (AvgIpc) is 3.76. The van der Waals surface area contributed by atoms with Crippen molar-refractivity contribution >= 4 is 0 Å². The van der Waals surface area contributed by atoms with E-state index in [0.29, 0.717) is 0 Å². The minimum Gasteiger partial charge on any atom is -0.508 e. The largest absolute Gasteiger partial charge is 0.508 e. The van der Waals surface area contributed by atoms with Crippen LogP contribution in [0, 0.1) is 0 Å². The first-order valence-corrected chi connectivity index (χ1v) is 12.6. The van der Waals surface area contributed by atoms with Crippen LogP contribution in [0.4, 0.5) is 0 Å². The smallest absolute Gasteiger partial charge is 0.117 e. The standard InChI is InChI=1S/C19H16O3.C12H22O3/c20-16-7-1-13(2-8-16)19(14-3-9-17(21)10-4-14)15-5-11-18(22)12-6-15;1-9(2,11(5)7-13-11)15-10(3,4)12(6)8-14-12/h1-12,19-22H;7-8H2,1-6H3. The zero-order valence-electron chi connectivity index (χ0n) is 22.5. The number of rotatable bonds is 7. The molecule has 2 fully saturated rings. The van der Waals surface area contributed by atoms with Crippen molar-refractivity contribution in [2.45, 2.75) is 69.9 Å². The monoisotopic (exact) mass is 506 g/mol. The van der Waals surface area contributed by atoms with E-state index in [1.807, 2.05) is 36.4 Å². The summed E-state index contributed by atoms with van der Waals surface area (Å²) in [6.07, 6.45) is 0. The predicted molar refractivity (Wildman–Crippen MR) is 143 cm³/mol. The lowest BCUT2D eigenvalue weighted by Crippen LogP contribution is -2.52. The first-order valence-electron chi connectivity index (χ1n) is 12.6. The second-order valence-corrected chi connectivity index (χ2v) is 11.4. The fourth-order valence-corrected chi connectivity index (χ4v) is 4.34. The molecule has 0 saturated carbocycles. The summed E-state index contributed by atoms with van der Waals surface area (Å²) in [6.45, 7) is 14.1. The first-order chi connectivity index (χ1) is 17.3. The molecule has 2 unspecified atom stereocenters. The molecule has 2 aliphatic rings. The van der Waals surface area contributed by atoms with Gasteiger partial charge in [-0.1, -0.05) is 36.4 Å². The normalized spacial score (nSPS) is 22.8. The Bertz CT molecular complexity index is 1050. The summed E-state index contributed by atoms with van der Waals surface area (Å²) in [4.78, 5) is 0. The molecule has 37 heavy (non-hydrogen) atoms. The van der Waals surface area contributed by atoms with E-state index in [-0.39, 0.29) is 45.6 Å². The maximum atomic E-state index is 9.49. The van der Waals surface area contributed by atoms with Gasteiger partial charge in [0.2, 0.25) is 0 Å². The lowest BCUT2D eigenvalue weighted by Gasteiger charge is -2.40. The van der Waals surface area contributed by atoms with Crippen molar-refractivity contribution in [3.63, 3.8) is 0 Å². The lowest BCUT2D eigenvalue weighted by molar-refractivity contribution is -0.177. The van der Waals surface area contributed by atoms with Gasteiger partial charge in [-0.3, -0.25) is 0 Å². The van der Waals surface area contributed by atoms with Crippen LogP contribution in [0.5, 0.6) is 17.2 Å². The van der Waals surface area contributed by atoms with Gasteiger partial charge < -0.3 is 29.5 Å². The predicted octanol–water partition coefficient (Wildman–Crippen LogP) is 6.12. The quantitative estimate of drug-likeness (QED) is 0.264. The van der Waals surface area contributed by atoms with Gasteiger partial charge in [0.15, 0.2) is 0 Å². The van der Waals surface area contributed by atoms with E-state index >= 15 is 0 Å². The fraction of sp³-hybridized carbons (Fsp3) is 0.419. The van der Waals surface area contributed by atoms with Gasteiger partial charge in [0.25, 0.3) is 0 Å². The summed E-state index contributed by atoms with van der Waals surface area (Å²) in [5, 5.41) is 28.5. The van der Waals surface area contributed by atoms with Gasteiger partial charge >= 0.3 is 0 Å². The van der Waals surface area contributed by atoms with Gasteiger partial charge in [-0.05, 0) is 94.6 Å². The van der Waals surface area contributed by atoms with Crippen molar-refractivity contribution in [1.82, 2.24) is 0 Å². The van der Waals surface area contributed by atoms with Crippen molar-refractivity contribution < 1.29 is 29.5 Å².